The van der Waals surface area contributed by atoms with Gasteiger partial charge in [-0.3, -0.25) is 9.48 Å². The van der Waals surface area contributed by atoms with E-state index in [2.05, 4.69) is 5.10 Å². The normalized spacial score (nSPS) is 21.4. The van der Waals surface area contributed by atoms with E-state index in [4.69, 9.17) is 5.73 Å². The van der Waals surface area contributed by atoms with Gasteiger partial charge in [0.1, 0.15) is 0 Å². The van der Waals surface area contributed by atoms with Crippen molar-refractivity contribution in [2.45, 2.75) is 25.9 Å². The predicted octanol–water partition coefficient (Wildman–Crippen LogP) is -0.212. The topological polar surface area (TPSA) is 64.2 Å². The quantitative estimate of drug-likeness (QED) is 0.731. The van der Waals surface area contributed by atoms with Crippen molar-refractivity contribution in [2.24, 2.45) is 12.8 Å². The number of rotatable bonds is 2. The highest BCUT2D eigenvalue weighted by Crippen LogP contribution is 2.15. The Morgan fingerprint density at radius 1 is 1.67 bits per heavy atom. The third-order valence-electron chi connectivity index (χ3n) is 2.94. The summed E-state index contributed by atoms with van der Waals surface area (Å²) in [5.74, 6) is 0.144. The Kier molecular flexibility index (Phi) is 2.48. The summed E-state index contributed by atoms with van der Waals surface area (Å²) in [7, 11) is 1.90. The number of nitrogens with zero attached hydrogens (tertiary/aromatic N) is 3. The molecule has 1 saturated heterocycles. The number of aromatic nitrogens is 2. The molecular formula is C10H16N4O. The molecule has 1 atom stereocenters. The Bertz CT molecular complexity index is 385. The van der Waals surface area contributed by atoms with Crippen LogP contribution in [-0.4, -0.2) is 33.2 Å². The van der Waals surface area contributed by atoms with E-state index in [9.17, 15) is 4.79 Å². The minimum Gasteiger partial charge on any atom is -0.337 e. The molecule has 1 aliphatic rings. The van der Waals surface area contributed by atoms with Gasteiger partial charge >= 0.3 is 0 Å². The van der Waals surface area contributed by atoms with Crippen molar-refractivity contribution in [3.63, 3.8) is 0 Å². The molecule has 2 N–H and O–H groups in total. The molecule has 5 heteroatoms. The molecule has 2 heterocycles. The lowest BCUT2D eigenvalue weighted by Crippen LogP contribution is -2.27. The SMILES string of the molecule is Cc1c(CN2CC(N)CC2=O)cnn1C. The van der Waals surface area contributed by atoms with Gasteiger partial charge in [0.15, 0.2) is 0 Å². The van der Waals surface area contributed by atoms with Crippen LogP contribution in [0, 0.1) is 6.92 Å². The maximum atomic E-state index is 11.5. The fourth-order valence-corrected chi connectivity index (χ4v) is 1.86. The Morgan fingerprint density at radius 3 is 2.87 bits per heavy atom. The van der Waals surface area contributed by atoms with Gasteiger partial charge in [-0.05, 0) is 6.92 Å². The third-order valence-corrected chi connectivity index (χ3v) is 2.94. The lowest BCUT2D eigenvalue weighted by Gasteiger charge is -2.15. The summed E-state index contributed by atoms with van der Waals surface area (Å²) in [5, 5.41) is 4.15. The first-order valence-electron chi connectivity index (χ1n) is 5.08. The van der Waals surface area contributed by atoms with Gasteiger partial charge in [0.2, 0.25) is 5.91 Å². The highest BCUT2D eigenvalue weighted by molar-refractivity contribution is 5.79. The number of nitrogens with two attached hydrogens (primary N) is 1. The average Bonchev–Trinajstić information content (AvgIpc) is 2.64. The van der Waals surface area contributed by atoms with E-state index in [1.807, 2.05) is 24.9 Å². The number of hydrogen-bond donors (Lipinski definition) is 1. The Labute approximate surface area is 88.8 Å². The van der Waals surface area contributed by atoms with E-state index >= 15 is 0 Å². The molecule has 1 unspecified atom stereocenters. The van der Waals surface area contributed by atoms with Crippen LogP contribution in [0.3, 0.4) is 0 Å². The van der Waals surface area contributed by atoms with Crippen molar-refractivity contribution in [1.29, 1.82) is 0 Å². The van der Waals surface area contributed by atoms with E-state index in [1.165, 1.54) is 0 Å². The maximum Gasteiger partial charge on any atom is 0.224 e. The Balaban J connectivity index is 2.09. The number of likely N-dealkylation sites (tertiary alicyclic amines) is 1. The smallest absolute Gasteiger partial charge is 0.224 e. The van der Waals surface area contributed by atoms with Gasteiger partial charge in [0, 0.05) is 43.9 Å². The molecule has 15 heavy (non-hydrogen) atoms. The highest BCUT2D eigenvalue weighted by atomic mass is 16.2. The fraction of sp³-hybridized carbons (Fsp3) is 0.600. The fourth-order valence-electron chi connectivity index (χ4n) is 1.86. The zero-order valence-corrected chi connectivity index (χ0v) is 9.10. The van der Waals surface area contributed by atoms with Crippen LogP contribution in [0.5, 0.6) is 0 Å². The van der Waals surface area contributed by atoms with Crippen LogP contribution in [0.4, 0.5) is 0 Å². The summed E-state index contributed by atoms with van der Waals surface area (Å²) in [5.41, 5.74) is 7.93. The van der Waals surface area contributed by atoms with E-state index < -0.39 is 0 Å². The minimum atomic E-state index is -0.00511. The lowest BCUT2D eigenvalue weighted by atomic mass is 10.2. The van der Waals surface area contributed by atoms with Crippen LogP contribution in [-0.2, 0) is 18.4 Å². The van der Waals surface area contributed by atoms with Crippen LogP contribution in [0.1, 0.15) is 17.7 Å². The second-order valence-corrected chi connectivity index (χ2v) is 4.12. The van der Waals surface area contributed by atoms with Gasteiger partial charge in [-0.15, -0.1) is 0 Å². The van der Waals surface area contributed by atoms with Crippen molar-refractivity contribution >= 4 is 5.91 Å². The number of carbonyl (C=O) groups is 1. The summed E-state index contributed by atoms with van der Waals surface area (Å²) < 4.78 is 1.82. The first-order chi connectivity index (χ1) is 7.08. The van der Waals surface area contributed by atoms with E-state index in [1.54, 1.807) is 4.90 Å². The van der Waals surface area contributed by atoms with E-state index in [-0.39, 0.29) is 11.9 Å². The summed E-state index contributed by atoms with van der Waals surface area (Å²) in [6.45, 7) is 3.29. The van der Waals surface area contributed by atoms with Crippen LogP contribution < -0.4 is 5.73 Å². The summed E-state index contributed by atoms with van der Waals surface area (Å²) in [6, 6.07) is -0.00511. The van der Waals surface area contributed by atoms with Crippen molar-refractivity contribution in [2.75, 3.05) is 6.54 Å². The van der Waals surface area contributed by atoms with Gasteiger partial charge in [-0.25, -0.2) is 0 Å². The lowest BCUT2D eigenvalue weighted by molar-refractivity contribution is -0.128. The number of carbonyl (C=O) groups excluding carboxylic acids is 1. The molecule has 0 bridgehead atoms. The molecule has 2 rings (SSSR count). The monoisotopic (exact) mass is 208 g/mol. The average molecular weight is 208 g/mol. The summed E-state index contributed by atoms with van der Waals surface area (Å²) >= 11 is 0. The van der Waals surface area contributed by atoms with E-state index in [0.29, 0.717) is 19.5 Å². The van der Waals surface area contributed by atoms with Crippen molar-refractivity contribution in [1.82, 2.24) is 14.7 Å². The molecule has 1 fully saturated rings. The second kappa shape index (κ2) is 3.66. The number of hydrogen-bond acceptors (Lipinski definition) is 3. The predicted molar refractivity (Wildman–Crippen MR) is 56.0 cm³/mol. The van der Waals surface area contributed by atoms with Crippen molar-refractivity contribution in [3.8, 4) is 0 Å². The van der Waals surface area contributed by atoms with Gasteiger partial charge in [0.05, 0.1) is 6.20 Å². The maximum absolute atomic E-state index is 11.5. The Hall–Kier alpha value is -1.36. The molecule has 1 amide bonds. The molecule has 0 aromatic carbocycles. The first kappa shape index (κ1) is 10.2. The molecule has 82 valence electrons. The molecule has 1 aliphatic heterocycles. The zero-order valence-electron chi connectivity index (χ0n) is 9.10. The molecular weight excluding hydrogens is 192 g/mol. The van der Waals surface area contributed by atoms with Crippen LogP contribution in [0.25, 0.3) is 0 Å². The molecule has 0 radical (unpaired) electrons. The first-order valence-corrected chi connectivity index (χ1v) is 5.08. The molecule has 1 aromatic heterocycles. The zero-order chi connectivity index (χ0) is 11.0. The standard InChI is InChI=1S/C10H16N4O/c1-7-8(4-12-13(7)2)5-14-6-9(11)3-10(14)15/h4,9H,3,5-6,11H2,1-2H3. The largest absolute Gasteiger partial charge is 0.337 e. The number of amides is 1. The van der Waals surface area contributed by atoms with Crippen LogP contribution >= 0.6 is 0 Å². The minimum absolute atomic E-state index is 0.00511. The summed E-state index contributed by atoms with van der Waals surface area (Å²) in [4.78, 5) is 13.3. The highest BCUT2D eigenvalue weighted by Gasteiger charge is 2.27. The van der Waals surface area contributed by atoms with Gasteiger partial charge in [-0.1, -0.05) is 0 Å². The summed E-state index contributed by atoms with van der Waals surface area (Å²) in [6.07, 6.45) is 2.28. The van der Waals surface area contributed by atoms with Crippen molar-refractivity contribution in [3.05, 3.63) is 17.5 Å². The number of aryl methyl sites for hydroxylation is 1. The van der Waals surface area contributed by atoms with Crippen LogP contribution in [0.15, 0.2) is 6.20 Å². The molecule has 5 nitrogen and oxygen atoms in total. The van der Waals surface area contributed by atoms with Gasteiger partial charge in [-0.2, -0.15) is 5.10 Å². The molecule has 0 saturated carbocycles. The van der Waals surface area contributed by atoms with E-state index in [0.717, 1.165) is 11.3 Å². The molecule has 0 aliphatic carbocycles. The molecule has 0 spiro atoms. The van der Waals surface area contributed by atoms with Gasteiger partial charge in [0.25, 0.3) is 0 Å². The second-order valence-electron chi connectivity index (χ2n) is 4.12. The van der Waals surface area contributed by atoms with Crippen molar-refractivity contribution < 1.29 is 4.79 Å². The van der Waals surface area contributed by atoms with Crippen LogP contribution in [0.2, 0.25) is 0 Å². The Morgan fingerprint density at radius 2 is 2.40 bits per heavy atom. The third kappa shape index (κ3) is 1.87. The molecule has 1 aromatic rings. The van der Waals surface area contributed by atoms with Gasteiger partial charge < -0.3 is 10.6 Å².